The Morgan fingerprint density at radius 3 is 0.333 bits per heavy atom. The van der Waals surface area contributed by atoms with E-state index in [0.29, 0.717) is 0 Å². The van der Waals surface area contributed by atoms with Crippen LogP contribution in [0.4, 0.5) is 0 Å². The average molecular weight is 3160 g/mol. The standard InChI is InChI=1S/C17Br36.H2O3S/c18-1(19,2(20,21)4(24,25)6(28,29)8(32,33)10(36,37)12(40,41)14(44,45)16(48,49)50)3(22,23)5(26,27)7(30,31)9(34,35)11(38,39)13(42,43)15(46,47)17(51,52)53;1-4(2)3/h;(H2,1,2,3)/p-1. The number of halogens is 36. The smallest absolute Gasteiger partial charge is 0.162 e. The summed E-state index contributed by atoms with van der Waals surface area (Å²) in [5.41, 5.74) is 0. The summed E-state index contributed by atoms with van der Waals surface area (Å²) >= 11 is 138. The van der Waals surface area contributed by atoms with E-state index in [9.17, 15) is 0 Å². The van der Waals surface area contributed by atoms with Crippen LogP contribution in [0.5, 0.6) is 0 Å². The third-order valence-electron chi connectivity index (χ3n) is 6.23. The van der Waals surface area contributed by atoms with Gasteiger partial charge in [-0.15, -0.1) is 0 Å². The fourth-order valence-corrected chi connectivity index (χ4v) is 38.4. The van der Waals surface area contributed by atoms with E-state index >= 15 is 0 Å². The minimum Gasteiger partial charge on any atom is -0.750 e. The molecule has 0 aliphatic carbocycles. The van der Waals surface area contributed by atoms with E-state index in [0.717, 1.165) is 0 Å². The fourth-order valence-electron chi connectivity index (χ4n) is 2.92. The Morgan fingerprint density at radius 1 is 0.228 bits per heavy atom. The fraction of sp³-hybridized carbons (Fsp3) is 1.00. The predicted molar refractivity (Wildman–Crippen MR) is 379 cm³/mol. The summed E-state index contributed by atoms with van der Waals surface area (Å²) in [7, 11) is 0. The first kappa shape index (κ1) is 76.4. The van der Waals surface area contributed by atoms with Gasteiger partial charge in [-0.25, -0.2) is 4.21 Å². The highest BCUT2D eigenvalue weighted by atomic mass is 80.0. The molecule has 0 aliphatic heterocycles. The van der Waals surface area contributed by atoms with E-state index in [1.54, 1.807) is 0 Å². The highest BCUT2D eigenvalue weighted by molar-refractivity contribution is 9.44. The first-order valence-corrected chi connectivity index (χ1v) is 40.9. The van der Waals surface area contributed by atoms with Crippen molar-refractivity contribution >= 4 is 585 Å². The lowest BCUT2D eigenvalue weighted by molar-refractivity contribution is 0.436. The second-order valence-electron chi connectivity index (χ2n) is 9.83. The zero-order chi connectivity index (χ0) is 48.1. The van der Waals surface area contributed by atoms with Crippen molar-refractivity contribution in [2.75, 3.05) is 0 Å². The maximum atomic E-state index is 8.56. The van der Waals surface area contributed by atoms with Crippen molar-refractivity contribution in [3.63, 3.8) is 0 Å². The molecule has 0 rings (SSSR count). The zero-order valence-corrected chi connectivity index (χ0v) is 81.7. The SMILES string of the molecule is BrC(Br)(Br)C(Br)(Br)C(Br)(Br)C(Br)(Br)C(Br)(Br)C(Br)(Br)C(Br)(Br)C(Br)(Br)C(Br)(Br)C(Br)(Br)C(Br)(Br)C(Br)(Br)C(Br)(Br)C(Br)(Br)C(Br)(Br)C(Br)(Br)C(Br)(Br)Br.O=S([O-])O. The molecule has 0 aromatic rings. The summed E-state index contributed by atoms with van der Waals surface area (Å²) in [6.07, 6.45) is 0. The Kier molecular flexibility index (Phi) is 34.4. The van der Waals surface area contributed by atoms with E-state index in [-0.39, 0.29) is 0 Å². The van der Waals surface area contributed by atoms with Crippen LogP contribution in [0.2, 0.25) is 0 Å². The molecule has 0 aliphatic rings. The third kappa shape index (κ3) is 14.3. The lowest BCUT2D eigenvalue weighted by atomic mass is 10.0. The summed E-state index contributed by atoms with van der Waals surface area (Å²) < 4.78 is 3.92. The van der Waals surface area contributed by atoms with Crippen LogP contribution in [0.15, 0.2) is 0 Å². The van der Waals surface area contributed by atoms with E-state index in [4.69, 9.17) is 13.3 Å². The monoisotopic (exact) mass is 3130 g/mol. The van der Waals surface area contributed by atoms with Crippen molar-refractivity contribution in [3.05, 3.63) is 0 Å². The molecule has 0 bridgehead atoms. The minimum atomic E-state index is -2.86. The molecule has 1 N–H and O–H groups in total. The predicted octanol–water partition coefficient (Wildman–Crippen LogP) is 26.3. The number of alkyl halides is 36. The zero-order valence-electron chi connectivity index (χ0n) is 23.8. The molecule has 0 saturated carbocycles. The van der Waals surface area contributed by atoms with Crippen LogP contribution in [-0.4, -0.2) is 66.1 Å². The van der Waals surface area contributed by atoms with Crippen molar-refractivity contribution in [1.82, 2.24) is 0 Å². The van der Waals surface area contributed by atoms with Gasteiger partial charge in [0.05, 0.1) is 11.4 Å². The molecular formula is C17HBr36O3S-. The molecule has 0 fully saturated rings. The molecule has 1 unspecified atom stereocenters. The first-order chi connectivity index (χ1) is 23.7. The molecule has 40 heteroatoms. The van der Waals surface area contributed by atoms with E-state index in [1.165, 1.54) is 0 Å². The van der Waals surface area contributed by atoms with Gasteiger partial charge in [0.15, 0.2) is 4.29 Å². The molecule has 0 spiro atoms. The topological polar surface area (TPSA) is 60.4 Å². The van der Waals surface area contributed by atoms with Gasteiger partial charge in [0.2, 0.25) is 0 Å². The summed E-state index contributed by atoms with van der Waals surface area (Å²) in [6, 6.07) is 0. The largest absolute Gasteiger partial charge is 0.750 e. The van der Waals surface area contributed by atoms with Crippen molar-refractivity contribution in [3.8, 4) is 0 Å². The highest BCUT2D eigenvalue weighted by Crippen LogP contribution is 2.84. The Bertz CT molecular complexity index is 1340. The van der Waals surface area contributed by atoms with Gasteiger partial charge in [0, 0.05) is 0 Å². The summed E-state index contributed by atoms with van der Waals surface area (Å²) in [5, 5.41) is 0. The Labute approximate surface area is 634 Å². The van der Waals surface area contributed by atoms with Gasteiger partial charge in [0.25, 0.3) is 0 Å². The molecule has 1 atom stereocenters. The normalized spacial score (nSPS) is 17.3. The molecule has 0 aromatic heterocycles. The van der Waals surface area contributed by atoms with E-state index in [1.807, 2.05) is 0 Å². The number of rotatable bonds is 14. The second kappa shape index (κ2) is 25.6. The van der Waals surface area contributed by atoms with Crippen LogP contribution in [0.25, 0.3) is 0 Å². The van der Waals surface area contributed by atoms with Crippen LogP contribution in [0.1, 0.15) is 0 Å². The Morgan fingerprint density at radius 2 is 0.281 bits per heavy atom. The summed E-state index contributed by atoms with van der Waals surface area (Å²) in [5.74, 6) is 0. The molecule has 3 nitrogen and oxygen atoms in total. The number of hydrogen-bond donors (Lipinski definition) is 1. The molecule has 0 radical (unpaired) electrons. The maximum Gasteiger partial charge on any atom is 0.162 e. The molecule has 0 aromatic carbocycles. The molecule has 346 valence electrons. The Hall–Kier alpha value is 17.4. The average Bonchev–Trinajstić information content (AvgIpc) is 2.94. The molecule has 0 heterocycles. The van der Waals surface area contributed by atoms with Crippen LogP contribution in [-0.2, 0) is 11.4 Å². The van der Waals surface area contributed by atoms with Crippen LogP contribution < -0.4 is 0 Å². The lowest BCUT2D eigenvalue weighted by Crippen LogP contribution is -2.73. The highest BCUT2D eigenvalue weighted by Gasteiger charge is 2.84. The summed E-state index contributed by atoms with van der Waals surface area (Å²) in [4.78, 5) is 0. The maximum absolute atomic E-state index is 8.56. The van der Waals surface area contributed by atoms with Gasteiger partial charge in [-0.2, -0.15) is 0 Å². The van der Waals surface area contributed by atoms with Crippen LogP contribution in [0, 0.1) is 0 Å². The number of hydrogen-bond acceptors (Lipinski definition) is 2. The quantitative estimate of drug-likeness (QED) is 0.139. The van der Waals surface area contributed by atoms with Gasteiger partial charge >= 0.3 is 0 Å². The molecule has 0 saturated heterocycles. The van der Waals surface area contributed by atoms with Crippen molar-refractivity contribution in [1.29, 1.82) is 0 Å². The summed E-state index contributed by atoms with van der Waals surface area (Å²) in [6.45, 7) is 0. The molecule has 0 amide bonds. The van der Waals surface area contributed by atoms with Gasteiger partial charge < -0.3 is 9.11 Å². The van der Waals surface area contributed by atoms with Crippen molar-refractivity contribution in [2.24, 2.45) is 0 Å². The van der Waals surface area contributed by atoms with Crippen LogP contribution >= 0.6 is 573 Å². The minimum absolute atomic E-state index is 0.902. The van der Waals surface area contributed by atoms with Gasteiger partial charge in [0.1, 0.15) is 48.5 Å². The van der Waals surface area contributed by atoms with Gasteiger partial charge in [-0.1, -0.05) is 573 Å². The Balaban J connectivity index is 0. The lowest BCUT2D eigenvalue weighted by Gasteiger charge is -2.62. The van der Waals surface area contributed by atoms with E-state index in [2.05, 4.69) is 573 Å². The molecule has 57 heavy (non-hydrogen) atoms. The van der Waals surface area contributed by atoms with Crippen LogP contribution in [0.3, 0.4) is 0 Å². The first-order valence-electron chi connectivity index (χ1n) is 11.3. The van der Waals surface area contributed by atoms with Crippen molar-refractivity contribution < 1.29 is 13.3 Å². The van der Waals surface area contributed by atoms with E-state index < -0.39 is 64.1 Å². The third-order valence-corrected chi connectivity index (χ3v) is 81.7. The van der Waals surface area contributed by atoms with Gasteiger partial charge in [-0.3, -0.25) is 0 Å². The second-order valence-corrected chi connectivity index (χ2v) is 75.4. The molecular weight excluding hydrogens is 3160 g/mol. The van der Waals surface area contributed by atoms with Crippen molar-refractivity contribution in [2.45, 2.75) is 52.8 Å². The van der Waals surface area contributed by atoms with Gasteiger partial charge in [-0.05, 0) is 0 Å².